The molecular weight excluding hydrogens is 407 g/mol. The van der Waals surface area contributed by atoms with E-state index in [0.29, 0.717) is 17.3 Å². The summed E-state index contributed by atoms with van der Waals surface area (Å²) in [5.41, 5.74) is 0.671. The van der Waals surface area contributed by atoms with Crippen molar-refractivity contribution < 1.29 is 21.6 Å². The number of nitrogens with zero attached hydrogens (tertiary/aromatic N) is 2. The summed E-state index contributed by atoms with van der Waals surface area (Å²) in [6.45, 7) is -0.0325. The molecule has 152 valence electrons. The summed E-state index contributed by atoms with van der Waals surface area (Å²) in [6.07, 6.45) is 0.177. The van der Waals surface area contributed by atoms with Gasteiger partial charge in [-0.2, -0.15) is 5.10 Å². The summed E-state index contributed by atoms with van der Waals surface area (Å²) in [6, 6.07) is 10.5. The van der Waals surface area contributed by atoms with E-state index in [1.165, 1.54) is 36.4 Å². The number of sulfonamides is 1. The molecule has 0 amide bonds. The maximum absolute atomic E-state index is 13.7. The molecule has 29 heavy (non-hydrogen) atoms. The molecule has 3 rings (SSSR count). The van der Waals surface area contributed by atoms with Crippen molar-refractivity contribution in [3.8, 4) is 11.3 Å². The van der Waals surface area contributed by atoms with Crippen molar-refractivity contribution >= 4 is 10.0 Å². The van der Waals surface area contributed by atoms with Crippen molar-refractivity contribution in [3.63, 3.8) is 0 Å². The van der Waals surface area contributed by atoms with Crippen LogP contribution in [0, 0.1) is 17.5 Å². The van der Waals surface area contributed by atoms with Crippen molar-refractivity contribution in [1.82, 2.24) is 14.5 Å². The van der Waals surface area contributed by atoms with Gasteiger partial charge in [-0.25, -0.2) is 31.0 Å². The SMILES string of the molecule is O=c1ccc(-c2ccc(F)cc2)nn1CCCNS(=O)(=O)c1cc(F)ccc1F. The molecule has 0 aliphatic heterocycles. The van der Waals surface area contributed by atoms with Crippen molar-refractivity contribution in [1.29, 1.82) is 0 Å². The van der Waals surface area contributed by atoms with Gasteiger partial charge >= 0.3 is 0 Å². The summed E-state index contributed by atoms with van der Waals surface area (Å²) in [5.74, 6) is -2.34. The standard InChI is InChI=1S/C19H16F3N3O3S/c20-14-4-2-13(3-5-14)17-8-9-19(26)25(24-17)11-1-10-23-29(27,28)18-12-15(21)6-7-16(18)22/h2-9,12,23H,1,10-11H2. The van der Waals surface area contributed by atoms with Crippen LogP contribution in [0.25, 0.3) is 11.3 Å². The molecule has 1 aromatic heterocycles. The van der Waals surface area contributed by atoms with E-state index in [0.717, 1.165) is 16.8 Å². The van der Waals surface area contributed by atoms with Gasteiger partial charge in [-0.3, -0.25) is 4.79 Å². The van der Waals surface area contributed by atoms with Crippen LogP contribution >= 0.6 is 0 Å². The molecule has 0 atom stereocenters. The highest BCUT2D eigenvalue weighted by Crippen LogP contribution is 2.16. The summed E-state index contributed by atoms with van der Waals surface area (Å²) in [4.78, 5) is 11.2. The Morgan fingerprint density at radius 1 is 0.931 bits per heavy atom. The van der Waals surface area contributed by atoms with E-state index >= 15 is 0 Å². The first kappa shape index (κ1) is 20.7. The number of nitrogens with one attached hydrogen (secondary N) is 1. The Hall–Kier alpha value is -2.98. The van der Waals surface area contributed by atoms with Crippen LogP contribution in [0.1, 0.15) is 6.42 Å². The van der Waals surface area contributed by atoms with Crippen molar-refractivity contribution in [3.05, 3.63) is 82.4 Å². The highest BCUT2D eigenvalue weighted by atomic mass is 32.2. The summed E-state index contributed by atoms with van der Waals surface area (Å²) in [5, 5.41) is 4.18. The zero-order valence-electron chi connectivity index (χ0n) is 15.0. The quantitative estimate of drug-likeness (QED) is 0.593. The number of aromatic nitrogens is 2. The Bertz CT molecular complexity index is 1180. The van der Waals surface area contributed by atoms with Gasteiger partial charge in [0.05, 0.1) is 5.69 Å². The number of rotatable bonds is 7. The second-order valence-electron chi connectivity index (χ2n) is 6.11. The Kier molecular flexibility index (Phi) is 6.14. The molecule has 0 aliphatic rings. The maximum atomic E-state index is 13.7. The minimum absolute atomic E-state index is 0.0853. The van der Waals surface area contributed by atoms with Crippen LogP contribution in [0.3, 0.4) is 0 Å². The third kappa shape index (κ3) is 5.09. The van der Waals surface area contributed by atoms with Crippen LogP contribution in [0.2, 0.25) is 0 Å². The van der Waals surface area contributed by atoms with E-state index in [9.17, 15) is 26.4 Å². The van der Waals surface area contributed by atoms with Crippen LogP contribution in [0.5, 0.6) is 0 Å². The third-order valence-electron chi connectivity index (χ3n) is 4.03. The van der Waals surface area contributed by atoms with Crippen LogP contribution in [-0.2, 0) is 16.6 Å². The molecule has 0 saturated heterocycles. The topological polar surface area (TPSA) is 81.1 Å². The lowest BCUT2D eigenvalue weighted by Crippen LogP contribution is -2.28. The van der Waals surface area contributed by atoms with Gasteiger partial charge in [0.2, 0.25) is 10.0 Å². The first-order valence-corrected chi connectivity index (χ1v) is 10.0. The van der Waals surface area contributed by atoms with Crippen LogP contribution in [0.4, 0.5) is 13.2 Å². The van der Waals surface area contributed by atoms with E-state index in [1.807, 2.05) is 0 Å². The van der Waals surface area contributed by atoms with Crippen LogP contribution in [-0.4, -0.2) is 24.7 Å². The summed E-state index contributed by atoms with van der Waals surface area (Å²) in [7, 11) is -4.24. The molecular formula is C19H16F3N3O3S. The number of aryl methyl sites for hydroxylation is 1. The molecule has 0 fully saturated rings. The van der Waals surface area contributed by atoms with Crippen LogP contribution in [0.15, 0.2) is 64.3 Å². The van der Waals surface area contributed by atoms with Gasteiger partial charge in [0, 0.05) is 24.7 Å². The molecule has 2 aromatic carbocycles. The molecule has 0 aliphatic carbocycles. The van der Waals surface area contributed by atoms with Gasteiger partial charge in [-0.1, -0.05) is 0 Å². The highest BCUT2D eigenvalue weighted by molar-refractivity contribution is 7.89. The smallest absolute Gasteiger partial charge is 0.266 e. The zero-order valence-corrected chi connectivity index (χ0v) is 15.8. The molecule has 0 bridgehead atoms. The lowest BCUT2D eigenvalue weighted by atomic mass is 10.1. The van der Waals surface area contributed by atoms with Gasteiger partial charge in [0.1, 0.15) is 22.3 Å². The number of halogens is 3. The van der Waals surface area contributed by atoms with Gasteiger partial charge < -0.3 is 0 Å². The van der Waals surface area contributed by atoms with E-state index in [2.05, 4.69) is 9.82 Å². The fourth-order valence-electron chi connectivity index (χ4n) is 2.58. The summed E-state index contributed by atoms with van der Waals surface area (Å²) < 4.78 is 67.5. The fraction of sp³-hybridized carbons (Fsp3) is 0.158. The number of hydrogen-bond donors (Lipinski definition) is 1. The molecule has 6 nitrogen and oxygen atoms in total. The molecule has 0 spiro atoms. The third-order valence-corrected chi connectivity index (χ3v) is 5.50. The highest BCUT2D eigenvalue weighted by Gasteiger charge is 2.19. The number of benzene rings is 2. The van der Waals surface area contributed by atoms with E-state index in [4.69, 9.17) is 0 Å². The first-order chi connectivity index (χ1) is 13.8. The average Bonchev–Trinajstić information content (AvgIpc) is 2.69. The number of hydrogen-bond acceptors (Lipinski definition) is 4. The molecule has 0 radical (unpaired) electrons. The van der Waals surface area contributed by atoms with Gasteiger partial charge in [0.25, 0.3) is 5.56 Å². The van der Waals surface area contributed by atoms with E-state index in [-0.39, 0.29) is 19.5 Å². The fourth-order valence-corrected chi connectivity index (χ4v) is 3.74. The Morgan fingerprint density at radius 2 is 1.62 bits per heavy atom. The van der Waals surface area contributed by atoms with Crippen molar-refractivity contribution in [2.24, 2.45) is 0 Å². The molecule has 0 unspecified atom stereocenters. The second-order valence-corrected chi connectivity index (χ2v) is 7.85. The predicted octanol–water partition coefficient (Wildman–Crippen LogP) is 2.70. The predicted molar refractivity (Wildman–Crippen MR) is 100 cm³/mol. The Labute approximate surface area is 164 Å². The maximum Gasteiger partial charge on any atom is 0.266 e. The minimum Gasteiger partial charge on any atom is -0.268 e. The largest absolute Gasteiger partial charge is 0.268 e. The molecule has 1 heterocycles. The lowest BCUT2D eigenvalue weighted by molar-refractivity contribution is 0.527. The van der Waals surface area contributed by atoms with Crippen LogP contribution < -0.4 is 10.3 Å². The first-order valence-electron chi connectivity index (χ1n) is 8.55. The monoisotopic (exact) mass is 423 g/mol. The van der Waals surface area contributed by atoms with E-state index < -0.39 is 37.9 Å². The normalized spacial score (nSPS) is 11.6. The minimum atomic E-state index is -4.24. The Balaban J connectivity index is 1.66. The molecule has 10 heteroatoms. The summed E-state index contributed by atoms with van der Waals surface area (Å²) >= 11 is 0. The second kappa shape index (κ2) is 8.58. The Morgan fingerprint density at radius 3 is 2.34 bits per heavy atom. The van der Waals surface area contributed by atoms with Crippen molar-refractivity contribution in [2.45, 2.75) is 17.9 Å². The lowest BCUT2D eigenvalue weighted by Gasteiger charge is -2.09. The zero-order chi connectivity index (χ0) is 21.0. The van der Waals surface area contributed by atoms with Gasteiger partial charge in [0.15, 0.2) is 0 Å². The molecule has 0 saturated carbocycles. The average molecular weight is 423 g/mol. The van der Waals surface area contributed by atoms with Gasteiger partial charge in [-0.05, 0) is 55.0 Å². The van der Waals surface area contributed by atoms with E-state index in [1.54, 1.807) is 0 Å². The van der Waals surface area contributed by atoms with Gasteiger partial charge in [-0.15, -0.1) is 0 Å². The molecule has 1 N–H and O–H groups in total. The van der Waals surface area contributed by atoms with Crippen molar-refractivity contribution in [2.75, 3.05) is 6.54 Å². The molecule has 3 aromatic rings.